The number of ether oxygens (including phenoxy) is 1. The number of pyridine rings is 1. The molecule has 1 aliphatic heterocycles. The lowest BCUT2D eigenvalue weighted by Crippen LogP contribution is -2.48. The van der Waals surface area contributed by atoms with Gasteiger partial charge < -0.3 is 14.7 Å². The number of urea groups is 1. The predicted molar refractivity (Wildman–Crippen MR) is 83.3 cm³/mol. The number of rotatable bonds is 4. The van der Waals surface area contributed by atoms with E-state index in [2.05, 4.69) is 15.4 Å². The summed E-state index contributed by atoms with van der Waals surface area (Å²) in [5.74, 6) is -0.207. The third-order valence-corrected chi connectivity index (χ3v) is 3.80. The topological polar surface area (TPSA) is 92.5 Å². The van der Waals surface area contributed by atoms with Gasteiger partial charge in [0.2, 0.25) is 0 Å². The Balaban J connectivity index is 1.72. The summed E-state index contributed by atoms with van der Waals surface area (Å²) in [6.07, 6.45) is 2.25. The third kappa shape index (κ3) is 3.22. The van der Waals surface area contributed by atoms with Crippen LogP contribution in [0.3, 0.4) is 0 Å². The van der Waals surface area contributed by atoms with Gasteiger partial charge in [-0.05, 0) is 19.1 Å². The number of aromatic nitrogens is 3. The molecule has 0 saturated carbocycles. The number of nitrogens with zero attached hydrogens (tertiary/aromatic N) is 4. The van der Waals surface area contributed by atoms with Gasteiger partial charge >= 0.3 is 6.03 Å². The predicted octanol–water partition coefficient (Wildman–Crippen LogP) is 1.02. The Bertz CT molecular complexity index is 723. The highest BCUT2D eigenvalue weighted by Crippen LogP contribution is 2.16. The zero-order valence-electron chi connectivity index (χ0n) is 13.1. The highest BCUT2D eigenvalue weighted by molar-refractivity contribution is 5.88. The van der Waals surface area contributed by atoms with Crippen LogP contribution in [-0.4, -0.2) is 62.7 Å². The van der Waals surface area contributed by atoms with Gasteiger partial charge in [0.05, 0.1) is 25.4 Å². The minimum absolute atomic E-state index is 0.0463. The van der Waals surface area contributed by atoms with Gasteiger partial charge in [-0.3, -0.25) is 5.32 Å². The van der Waals surface area contributed by atoms with E-state index >= 15 is 0 Å². The maximum atomic E-state index is 13.7. The van der Waals surface area contributed by atoms with Crippen molar-refractivity contribution in [2.75, 3.05) is 25.1 Å². The first-order chi connectivity index (χ1) is 11.6. The van der Waals surface area contributed by atoms with E-state index in [1.807, 2.05) is 6.92 Å². The molecule has 9 heteroatoms. The molecule has 0 spiro atoms. The van der Waals surface area contributed by atoms with Crippen molar-refractivity contribution in [3.05, 3.63) is 36.4 Å². The molecule has 128 valence electrons. The van der Waals surface area contributed by atoms with Crippen LogP contribution in [0.1, 0.15) is 6.92 Å². The molecular weight excluding hydrogens is 317 g/mol. The van der Waals surface area contributed by atoms with E-state index in [0.717, 1.165) is 0 Å². The first-order valence-electron chi connectivity index (χ1n) is 7.60. The lowest BCUT2D eigenvalue weighted by Gasteiger charge is -2.28. The Hall–Kier alpha value is -2.52. The molecule has 2 N–H and O–H groups in total. The Morgan fingerprint density at radius 3 is 3.04 bits per heavy atom. The molecule has 0 bridgehead atoms. The molecule has 0 radical (unpaired) electrons. The van der Waals surface area contributed by atoms with Crippen molar-refractivity contribution in [3.63, 3.8) is 0 Å². The zero-order chi connectivity index (χ0) is 17.1. The smallest absolute Gasteiger partial charge is 0.323 e. The van der Waals surface area contributed by atoms with E-state index < -0.39 is 24.0 Å². The van der Waals surface area contributed by atoms with E-state index in [1.165, 1.54) is 34.1 Å². The number of carbonyl (C=O) groups is 1. The molecule has 3 heterocycles. The van der Waals surface area contributed by atoms with Crippen LogP contribution in [0.4, 0.5) is 15.0 Å². The Morgan fingerprint density at radius 2 is 2.38 bits per heavy atom. The Morgan fingerprint density at radius 1 is 1.54 bits per heavy atom. The summed E-state index contributed by atoms with van der Waals surface area (Å²) in [5.41, 5.74) is 0. The molecule has 0 aliphatic carbocycles. The molecule has 1 aliphatic rings. The standard InChI is InChI=1S/C15H18FN5O3/c1-2-20(11-8-24-9-12(11)22)15(23)18-13-5-7-21(19-13)14-10(16)4-3-6-17-14/h3-7,11-12,22H,2,8-9H2,1H3,(H,18,19,23)/t11-,12-/m1/s1. The minimum atomic E-state index is -0.712. The first-order valence-corrected chi connectivity index (χ1v) is 7.60. The van der Waals surface area contributed by atoms with Crippen LogP contribution in [0, 0.1) is 5.82 Å². The Labute approximate surface area is 137 Å². The zero-order valence-corrected chi connectivity index (χ0v) is 13.1. The van der Waals surface area contributed by atoms with Crippen LogP contribution >= 0.6 is 0 Å². The molecule has 2 atom stereocenters. The quantitative estimate of drug-likeness (QED) is 0.870. The fraction of sp³-hybridized carbons (Fsp3) is 0.400. The molecule has 2 aromatic heterocycles. The van der Waals surface area contributed by atoms with Crippen molar-refractivity contribution in [1.82, 2.24) is 19.7 Å². The molecule has 8 nitrogen and oxygen atoms in total. The second kappa shape index (κ2) is 6.93. The summed E-state index contributed by atoms with van der Waals surface area (Å²) < 4.78 is 20.1. The fourth-order valence-electron chi connectivity index (χ4n) is 2.59. The van der Waals surface area contributed by atoms with Gasteiger partial charge in [0.15, 0.2) is 17.5 Å². The van der Waals surface area contributed by atoms with E-state index in [9.17, 15) is 14.3 Å². The van der Waals surface area contributed by atoms with Crippen LogP contribution in [0.25, 0.3) is 5.82 Å². The summed E-state index contributed by atoms with van der Waals surface area (Å²) in [6, 6.07) is 3.51. The van der Waals surface area contributed by atoms with Gasteiger partial charge in [0.25, 0.3) is 0 Å². The van der Waals surface area contributed by atoms with E-state index in [0.29, 0.717) is 6.54 Å². The average molecular weight is 335 g/mol. The van der Waals surface area contributed by atoms with Crippen molar-refractivity contribution in [2.24, 2.45) is 0 Å². The normalized spacial score (nSPS) is 20.1. The van der Waals surface area contributed by atoms with Crippen LogP contribution in [0.5, 0.6) is 0 Å². The van der Waals surface area contributed by atoms with Crippen molar-refractivity contribution >= 4 is 11.8 Å². The number of carbonyl (C=O) groups excluding carboxylic acids is 1. The highest BCUT2D eigenvalue weighted by Gasteiger charge is 2.33. The van der Waals surface area contributed by atoms with Gasteiger partial charge in [-0.15, -0.1) is 5.10 Å². The van der Waals surface area contributed by atoms with Gasteiger partial charge in [-0.25, -0.2) is 18.9 Å². The molecule has 1 fully saturated rings. The highest BCUT2D eigenvalue weighted by atomic mass is 19.1. The third-order valence-electron chi connectivity index (χ3n) is 3.80. The van der Waals surface area contributed by atoms with E-state index in [-0.39, 0.29) is 24.8 Å². The van der Waals surface area contributed by atoms with Crippen LogP contribution in [-0.2, 0) is 4.74 Å². The molecule has 1 saturated heterocycles. The SMILES string of the molecule is CCN(C(=O)Nc1ccn(-c2ncccc2F)n1)[C@@H]1COC[C@H]1O. The van der Waals surface area contributed by atoms with Crippen LogP contribution in [0.2, 0.25) is 0 Å². The monoisotopic (exact) mass is 335 g/mol. The van der Waals surface area contributed by atoms with E-state index in [4.69, 9.17) is 4.74 Å². The number of amides is 2. The van der Waals surface area contributed by atoms with Crippen molar-refractivity contribution in [2.45, 2.75) is 19.1 Å². The lowest BCUT2D eigenvalue weighted by molar-refractivity contribution is 0.1000. The molecule has 0 aromatic carbocycles. The second-order valence-electron chi connectivity index (χ2n) is 5.34. The molecule has 3 rings (SSSR count). The number of halogens is 1. The number of aliphatic hydroxyl groups is 1. The van der Waals surface area contributed by atoms with Gasteiger partial charge in [0.1, 0.15) is 0 Å². The molecule has 24 heavy (non-hydrogen) atoms. The fourth-order valence-corrected chi connectivity index (χ4v) is 2.59. The van der Waals surface area contributed by atoms with Gasteiger partial charge in [0, 0.05) is 25.0 Å². The molecule has 2 aromatic rings. The largest absolute Gasteiger partial charge is 0.388 e. The average Bonchev–Trinajstić information content (AvgIpc) is 3.19. The van der Waals surface area contributed by atoms with Crippen LogP contribution < -0.4 is 5.32 Å². The number of nitrogens with one attached hydrogen (secondary N) is 1. The minimum Gasteiger partial charge on any atom is -0.388 e. The Kier molecular flexibility index (Phi) is 4.72. The summed E-state index contributed by atoms with van der Waals surface area (Å²) in [5, 5.41) is 16.6. The number of hydrogen-bond acceptors (Lipinski definition) is 5. The summed E-state index contributed by atoms with van der Waals surface area (Å²) >= 11 is 0. The second-order valence-corrected chi connectivity index (χ2v) is 5.34. The number of aliphatic hydroxyl groups excluding tert-OH is 1. The maximum absolute atomic E-state index is 13.7. The van der Waals surface area contributed by atoms with Gasteiger partial charge in [-0.1, -0.05) is 0 Å². The van der Waals surface area contributed by atoms with Crippen molar-refractivity contribution < 1.29 is 19.0 Å². The lowest BCUT2D eigenvalue weighted by atomic mass is 10.2. The van der Waals surface area contributed by atoms with Gasteiger partial charge in [-0.2, -0.15) is 0 Å². The van der Waals surface area contributed by atoms with Crippen LogP contribution in [0.15, 0.2) is 30.6 Å². The number of anilines is 1. The van der Waals surface area contributed by atoms with Crippen molar-refractivity contribution in [1.29, 1.82) is 0 Å². The number of likely N-dealkylation sites (N-methyl/N-ethyl adjacent to an activating group) is 1. The molecular formula is C15H18FN5O3. The maximum Gasteiger partial charge on any atom is 0.323 e. The molecule has 0 unspecified atom stereocenters. The first kappa shape index (κ1) is 16.3. The summed E-state index contributed by atoms with van der Waals surface area (Å²) in [6.45, 7) is 2.72. The van der Waals surface area contributed by atoms with E-state index in [1.54, 1.807) is 6.07 Å². The summed E-state index contributed by atoms with van der Waals surface area (Å²) in [4.78, 5) is 17.8. The molecule has 2 amide bonds. The summed E-state index contributed by atoms with van der Waals surface area (Å²) in [7, 11) is 0. The van der Waals surface area contributed by atoms with Crippen molar-refractivity contribution in [3.8, 4) is 5.82 Å². The number of hydrogen-bond donors (Lipinski definition) is 2.